The Labute approximate surface area is 162 Å². The van der Waals surface area contributed by atoms with Gasteiger partial charge in [-0.25, -0.2) is 19.1 Å². The fourth-order valence-corrected chi connectivity index (χ4v) is 2.73. The van der Waals surface area contributed by atoms with Crippen LogP contribution in [0.25, 0.3) is 16.9 Å². The van der Waals surface area contributed by atoms with Crippen molar-refractivity contribution in [2.45, 2.75) is 39.3 Å². The molecule has 8 nitrogen and oxygen atoms in total. The monoisotopic (exact) mass is 382 g/mol. The highest BCUT2D eigenvalue weighted by molar-refractivity contribution is 5.93. The minimum Gasteiger partial charge on any atom is -0.476 e. The van der Waals surface area contributed by atoms with Gasteiger partial charge in [0.05, 0.1) is 11.6 Å². The molecular formula is C20H22N4O4. The molecule has 146 valence electrons. The first-order valence-electron chi connectivity index (χ1n) is 8.82. The Morgan fingerprint density at radius 2 is 1.96 bits per heavy atom. The molecule has 0 aliphatic carbocycles. The molecule has 0 saturated carbocycles. The highest BCUT2D eigenvalue weighted by Gasteiger charge is 2.19. The zero-order valence-corrected chi connectivity index (χ0v) is 16.1. The molecule has 2 aromatic heterocycles. The lowest BCUT2D eigenvalue weighted by molar-refractivity contribution is 0.0507. The van der Waals surface area contributed by atoms with Gasteiger partial charge in [-0.3, -0.25) is 0 Å². The smallest absolute Gasteiger partial charge is 0.408 e. The minimum absolute atomic E-state index is 0.0691. The second-order valence-electron chi connectivity index (χ2n) is 7.42. The SMILES string of the molecule is CC(NC(=O)OC(C)(C)C)c1cccc(-c2nc(C(=O)O)c3cccn3n2)c1. The molecule has 0 fully saturated rings. The summed E-state index contributed by atoms with van der Waals surface area (Å²) in [6, 6.07) is 10.3. The van der Waals surface area contributed by atoms with Crippen LogP contribution in [0.2, 0.25) is 0 Å². The summed E-state index contributed by atoms with van der Waals surface area (Å²) in [5.74, 6) is -0.837. The number of hydrogen-bond donors (Lipinski definition) is 2. The number of aromatic carboxylic acids is 1. The molecule has 1 atom stereocenters. The van der Waals surface area contributed by atoms with Crippen molar-refractivity contribution in [3.8, 4) is 11.4 Å². The highest BCUT2D eigenvalue weighted by Crippen LogP contribution is 2.22. The molecule has 28 heavy (non-hydrogen) atoms. The Balaban J connectivity index is 1.90. The summed E-state index contributed by atoms with van der Waals surface area (Å²) in [6.07, 6.45) is 1.16. The second kappa shape index (κ2) is 7.30. The van der Waals surface area contributed by atoms with Crippen molar-refractivity contribution in [1.29, 1.82) is 0 Å². The van der Waals surface area contributed by atoms with Gasteiger partial charge < -0.3 is 15.2 Å². The number of nitrogens with zero attached hydrogens (tertiary/aromatic N) is 3. The molecule has 2 N–H and O–H groups in total. The number of hydrogen-bond acceptors (Lipinski definition) is 5. The number of amides is 1. The summed E-state index contributed by atoms with van der Waals surface area (Å²) in [6.45, 7) is 7.23. The summed E-state index contributed by atoms with van der Waals surface area (Å²) in [5.41, 5.74) is 1.23. The van der Waals surface area contributed by atoms with Gasteiger partial charge in [0.2, 0.25) is 0 Å². The third-order valence-corrected chi connectivity index (χ3v) is 3.97. The van der Waals surface area contributed by atoms with E-state index in [1.807, 2.05) is 25.1 Å². The fraction of sp³-hybridized carbons (Fsp3) is 0.300. The van der Waals surface area contributed by atoms with Gasteiger partial charge in [0.15, 0.2) is 11.5 Å². The summed E-state index contributed by atoms with van der Waals surface area (Å²) >= 11 is 0. The van der Waals surface area contributed by atoms with Crippen molar-refractivity contribution in [1.82, 2.24) is 19.9 Å². The first-order chi connectivity index (χ1) is 13.1. The average molecular weight is 382 g/mol. The Kier molecular flexibility index (Phi) is 5.04. The number of nitrogens with one attached hydrogen (secondary N) is 1. The van der Waals surface area contributed by atoms with Crippen LogP contribution in [0.4, 0.5) is 4.79 Å². The summed E-state index contributed by atoms with van der Waals surface area (Å²) < 4.78 is 6.77. The zero-order valence-electron chi connectivity index (χ0n) is 16.1. The first kappa shape index (κ1) is 19.3. The van der Waals surface area contributed by atoms with Crippen LogP contribution in [0, 0.1) is 0 Å². The Morgan fingerprint density at radius 3 is 2.64 bits per heavy atom. The number of aromatic nitrogens is 3. The largest absolute Gasteiger partial charge is 0.476 e. The van der Waals surface area contributed by atoms with Crippen LogP contribution in [0.1, 0.15) is 49.8 Å². The molecule has 0 aliphatic rings. The number of ether oxygens (including phenoxy) is 1. The van der Waals surface area contributed by atoms with Crippen LogP contribution in [-0.4, -0.2) is 37.4 Å². The molecule has 0 radical (unpaired) electrons. The molecular weight excluding hydrogens is 360 g/mol. The maximum absolute atomic E-state index is 12.0. The van der Waals surface area contributed by atoms with Crippen LogP contribution in [0.3, 0.4) is 0 Å². The number of carbonyl (C=O) groups excluding carboxylic acids is 1. The van der Waals surface area contributed by atoms with Crippen molar-refractivity contribution >= 4 is 17.6 Å². The fourth-order valence-electron chi connectivity index (χ4n) is 2.73. The van der Waals surface area contributed by atoms with E-state index in [2.05, 4.69) is 15.4 Å². The third-order valence-electron chi connectivity index (χ3n) is 3.97. The molecule has 3 rings (SSSR count). The van der Waals surface area contributed by atoms with E-state index < -0.39 is 17.7 Å². The first-order valence-corrected chi connectivity index (χ1v) is 8.82. The maximum atomic E-state index is 12.0. The van der Waals surface area contributed by atoms with Crippen LogP contribution in [0.15, 0.2) is 42.6 Å². The molecule has 0 bridgehead atoms. The second-order valence-corrected chi connectivity index (χ2v) is 7.42. The van der Waals surface area contributed by atoms with E-state index in [0.29, 0.717) is 11.1 Å². The molecule has 0 saturated heterocycles. The van der Waals surface area contributed by atoms with Gasteiger partial charge >= 0.3 is 12.1 Å². The standard InChI is InChI=1S/C20H22N4O4/c1-12(21-19(27)28-20(2,3)4)13-7-5-8-14(11-13)17-22-16(18(25)26)15-9-6-10-24(15)23-17/h5-12H,1-4H3,(H,21,27)(H,25,26). The van der Waals surface area contributed by atoms with Crippen LogP contribution in [-0.2, 0) is 4.74 Å². The summed E-state index contributed by atoms with van der Waals surface area (Å²) in [5, 5.41) is 16.6. The number of carboxylic acids is 1. The van der Waals surface area contributed by atoms with E-state index in [1.165, 1.54) is 4.52 Å². The van der Waals surface area contributed by atoms with Gasteiger partial charge in [-0.2, -0.15) is 0 Å². The predicted octanol–water partition coefficient (Wildman–Crippen LogP) is 3.68. The lowest BCUT2D eigenvalue weighted by Crippen LogP contribution is -2.34. The van der Waals surface area contributed by atoms with Crippen molar-refractivity contribution in [2.75, 3.05) is 0 Å². The number of benzene rings is 1. The molecule has 1 amide bonds. The summed E-state index contributed by atoms with van der Waals surface area (Å²) in [4.78, 5) is 27.8. The Morgan fingerprint density at radius 1 is 1.21 bits per heavy atom. The van der Waals surface area contributed by atoms with Crippen LogP contribution in [0.5, 0.6) is 0 Å². The number of carboxylic acid groups (broad SMARTS) is 1. The third kappa shape index (κ3) is 4.28. The van der Waals surface area contributed by atoms with Gasteiger partial charge in [-0.15, -0.1) is 5.10 Å². The average Bonchev–Trinajstić information content (AvgIpc) is 3.07. The molecule has 3 aromatic rings. The molecule has 2 heterocycles. The van der Waals surface area contributed by atoms with Gasteiger partial charge in [-0.05, 0) is 51.5 Å². The number of alkyl carbamates (subject to hydrolysis) is 1. The maximum Gasteiger partial charge on any atom is 0.408 e. The number of rotatable bonds is 4. The predicted molar refractivity (Wildman–Crippen MR) is 103 cm³/mol. The van der Waals surface area contributed by atoms with Crippen LogP contribution < -0.4 is 5.32 Å². The van der Waals surface area contributed by atoms with E-state index in [9.17, 15) is 14.7 Å². The van der Waals surface area contributed by atoms with E-state index in [4.69, 9.17) is 4.74 Å². The number of fused-ring (bicyclic) bond motifs is 1. The lowest BCUT2D eigenvalue weighted by atomic mass is 10.0. The van der Waals surface area contributed by atoms with E-state index in [-0.39, 0.29) is 17.6 Å². The molecule has 0 spiro atoms. The molecule has 0 aliphatic heterocycles. The van der Waals surface area contributed by atoms with Gasteiger partial charge in [0.1, 0.15) is 5.60 Å². The van der Waals surface area contributed by atoms with Gasteiger partial charge in [0, 0.05) is 11.8 Å². The van der Waals surface area contributed by atoms with E-state index in [0.717, 1.165) is 5.56 Å². The van der Waals surface area contributed by atoms with Gasteiger partial charge in [0.25, 0.3) is 0 Å². The van der Waals surface area contributed by atoms with Gasteiger partial charge in [-0.1, -0.05) is 18.2 Å². The topological polar surface area (TPSA) is 106 Å². The van der Waals surface area contributed by atoms with Crippen molar-refractivity contribution < 1.29 is 19.4 Å². The lowest BCUT2D eigenvalue weighted by Gasteiger charge is -2.22. The minimum atomic E-state index is -1.12. The molecule has 1 unspecified atom stereocenters. The Bertz CT molecular complexity index is 1040. The van der Waals surface area contributed by atoms with E-state index in [1.54, 1.807) is 45.2 Å². The van der Waals surface area contributed by atoms with E-state index >= 15 is 0 Å². The van der Waals surface area contributed by atoms with Crippen LogP contribution >= 0.6 is 0 Å². The highest BCUT2D eigenvalue weighted by atomic mass is 16.6. The molecule has 8 heteroatoms. The Hall–Kier alpha value is -3.42. The molecule has 1 aromatic carbocycles. The van der Waals surface area contributed by atoms with Crippen molar-refractivity contribution in [3.05, 3.63) is 53.9 Å². The summed E-state index contributed by atoms with van der Waals surface area (Å²) in [7, 11) is 0. The zero-order chi connectivity index (χ0) is 20.5. The number of carbonyl (C=O) groups is 2. The van der Waals surface area contributed by atoms with Crippen molar-refractivity contribution in [3.63, 3.8) is 0 Å². The quantitative estimate of drug-likeness (QED) is 0.713. The normalized spacial score (nSPS) is 12.6. The van der Waals surface area contributed by atoms with Crippen molar-refractivity contribution in [2.24, 2.45) is 0 Å².